The van der Waals surface area contributed by atoms with E-state index in [1.165, 1.54) is 12.1 Å². The predicted molar refractivity (Wildman–Crippen MR) is 109 cm³/mol. The first-order valence-corrected chi connectivity index (χ1v) is 10.2. The number of hydrogen-bond donors (Lipinski definition) is 1. The molecule has 5 rings (SSSR count). The molecule has 1 fully saturated rings. The lowest BCUT2D eigenvalue weighted by atomic mass is 10.0. The first-order chi connectivity index (χ1) is 14.2. The molecule has 1 aliphatic heterocycles. The summed E-state index contributed by atoms with van der Waals surface area (Å²) in [5, 5.41) is 4.33. The lowest BCUT2D eigenvalue weighted by molar-refractivity contribution is 0.0904. The van der Waals surface area contributed by atoms with Gasteiger partial charge >= 0.3 is 0 Å². The molecule has 0 atom stereocenters. The average molecular weight is 412 g/mol. The topological polar surface area (TPSA) is 51.5 Å². The molecule has 0 amide bonds. The van der Waals surface area contributed by atoms with Crippen LogP contribution in [-0.4, -0.2) is 33.6 Å². The second-order valence-electron chi connectivity index (χ2n) is 6.99. The Balaban J connectivity index is 1.53. The van der Waals surface area contributed by atoms with Crippen LogP contribution in [0, 0.1) is 11.6 Å². The number of pyridine rings is 1. The zero-order valence-corrected chi connectivity index (χ0v) is 16.3. The summed E-state index contributed by atoms with van der Waals surface area (Å²) in [6, 6.07) is 5.84. The number of nitrogens with one attached hydrogen (secondary N) is 1. The molecule has 0 unspecified atom stereocenters. The molecule has 0 spiro atoms. The monoisotopic (exact) mass is 412 g/mol. The number of hydrogen-bond acceptors (Lipinski definition) is 5. The predicted octanol–water partition coefficient (Wildman–Crippen LogP) is 4.99. The molecule has 1 saturated heterocycles. The molecule has 4 aromatic rings. The Bertz CT molecular complexity index is 1170. The summed E-state index contributed by atoms with van der Waals surface area (Å²) in [6.45, 7) is 1.53. The summed E-state index contributed by atoms with van der Waals surface area (Å²) in [5.74, 6) is -1.22. The maximum absolute atomic E-state index is 14.5. The Hall–Kier alpha value is -2.84. The van der Waals surface area contributed by atoms with E-state index in [-0.39, 0.29) is 0 Å². The van der Waals surface area contributed by atoms with Gasteiger partial charge in [-0.1, -0.05) is 11.3 Å². The van der Waals surface area contributed by atoms with Gasteiger partial charge in [-0.25, -0.2) is 18.7 Å². The molecule has 29 heavy (non-hydrogen) atoms. The highest BCUT2D eigenvalue weighted by atomic mass is 32.1. The van der Waals surface area contributed by atoms with Crippen LogP contribution >= 0.6 is 11.3 Å². The Morgan fingerprint density at radius 1 is 1.10 bits per heavy atom. The van der Waals surface area contributed by atoms with Gasteiger partial charge in [-0.2, -0.15) is 0 Å². The number of thiazole rings is 1. The van der Waals surface area contributed by atoms with Crippen molar-refractivity contribution in [3.05, 3.63) is 60.7 Å². The Labute approximate surface area is 170 Å². The van der Waals surface area contributed by atoms with E-state index in [1.54, 1.807) is 17.5 Å². The molecule has 0 bridgehead atoms. The molecule has 1 aliphatic rings. The van der Waals surface area contributed by atoms with Gasteiger partial charge in [0.2, 0.25) is 0 Å². The van der Waals surface area contributed by atoms with E-state index < -0.39 is 11.6 Å². The molecule has 5 nitrogen and oxygen atoms in total. The van der Waals surface area contributed by atoms with E-state index in [9.17, 15) is 8.78 Å². The van der Waals surface area contributed by atoms with Gasteiger partial charge in [-0.05, 0) is 31.0 Å². The number of fused-ring (bicyclic) bond motifs is 1. The average Bonchev–Trinajstić information content (AvgIpc) is 3.37. The van der Waals surface area contributed by atoms with Gasteiger partial charge < -0.3 is 14.5 Å². The Kier molecular flexibility index (Phi) is 4.73. The smallest absolute Gasteiger partial charge is 0.183 e. The normalized spacial score (nSPS) is 15.1. The van der Waals surface area contributed by atoms with Crippen LogP contribution in [0.15, 0.2) is 49.1 Å². The van der Waals surface area contributed by atoms with Gasteiger partial charge in [0.05, 0.1) is 4.88 Å². The molecule has 0 radical (unpaired) electrons. The second kappa shape index (κ2) is 7.53. The number of ether oxygens (including phenoxy) is 1. The van der Waals surface area contributed by atoms with Crippen LogP contribution in [0.5, 0.6) is 0 Å². The van der Waals surface area contributed by atoms with E-state index >= 15 is 0 Å². The quantitative estimate of drug-likeness (QED) is 0.513. The summed E-state index contributed by atoms with van der Waals surface area (Å²) in [7, 11) is 0. The fourth-order valence-corrected chi connectivity index (χ4v) is 4.44. The van der Waals surface area contributed by atoms with Crippen LogP contribution in [0.3, 0.4) is 0 Å². The van der Waals surface area contributed by atoms with Gasteiger partial charge in [0.1, 0.15) is 17.3 Å². The van der Waals surface area contributed by atoms with Crippen LogP contribution in [-0.2, 0) is 4.74 Å². The minimum Gasteiger partial charge on any atom is -0.381 e. The summed E-state index contributed by atoms with van der Waals surface area (Å²) < 4.78 is 35.1. The summed E-state index contributed by atoms with van der Waals surface area (Å²) in [5.41, 5.74) is 2.43. The van der Waals surface area contributed by atoms with E-state index in [0.29, 0.717) is 22.8 Å². The first-order valence-electron chi connectivity index (χ1n) is 9.40. The van der Waals surface area contributed by atoms with Gasteiger partial charge in [0, 0.05) is 66.8 Å². The molecule has 0 aliphatic carbocycles. The van der Waals surface area contributed by atoms with Crippen LogP contribution in [0.4, 0.5) is 13.9 Å². The third-order valence-corrected chi connectivity index (χ3v) is 6.03. The van der Waals surface area contributed by atoms with Gasteiger partial charge in [0.25, 0.3) is 0 Å². The lowest BCUT2D eigenvalue weighted by Gasteiger charge is -2.22. The van der Waals surface area contributed by atoms with Crippen LogP contribution in [0.2, 0.25) is 0 Å². The third-order valence-electron chi connectivity index (χ3n) is 5.05. The van der Waals surface area contributed by atoms with E-state index in [1.807, 2.05) is 29.1 Å². The number of benzene rings is 1. The Morgan fingerprint density at radius 2 is 1.97 bits per heavy atom. The molecule has 8 heteroatoms. The molecule has 0 saturated carbocycles. The summed E-state index contributed by atoms with van der Waals surface area (Å²) >= 11 is 1.55. The third kappa shape index (κ3) is 3.61. The fourth-order valence-electron chi connectivity index (χ4n) is 3.56. The Morgan fingerprint density at radius 3 is 2.79 bits per heavy atom. The van der Waals surface area contributed by atoms with E-state index in [2.05, 4.69) is 15.3 Å². The zero-order chi connectivity index (χ0) is 19.8. The number of aromatic nitrogens is 3. The first kappa shape index (κ1) is 18.2. The molecule has 4 heterocycles. The second-order valence-corrected chi connectivity index (χ2v) is 8.02. The van der Waals surface area contributed by atoms with Crippen molar-refractivity contribution in [2.24, 2.45) is 0 Å². The maximum atomic E-state index is 14.5. The molecule has 1 N–H and O–H groups in total. The van der Waals surface area contributed by atoms with Gasteiger partial charge in [0.15, 0.2) is 5.13 Å². The van der Waals surface area contributed by atoms with Crippen LogP contribution in [0.1, 0.15) is 12.8 Å². The van der Waals surface area contributed by atoms with Crippen molar-refractivity contribution in [3.63, 3.8) is 0 Å². The summed E-state index contributed by atoms with van der Waals surface area (Å²) in [4.78, 5) is 9.80. The highest BCUT2D eigenvalue weighted by Crippen LogP contribution is 2.35. The van der Waals surface area contributed by atoms with Crippen LogP contribution in [0.25, 0.3) is 27.2 Å². The molecular formula is C21H18F2N4OS. The number of imidazole rings is 1. The molecule has 1 aromatic carbocycles. The van der Waals surface area contributed by atoms with Crippen molar-refractivity contribution in [1.82, 2.24) is 14.4 Å². The van der Waals surface area contributed by atoms with Gasteiger partial charge in [-0.3, -0.25) is 0 Å². The van der Waals surface area contributed by atoms with Crippen molar-refractivity contribution in [2.75, 3.05) is 18.5 Å². The SMILES string of the molecule is Fc1ccc(-c2cc(-c3cnc(NC4CCOCC4)s3)cn3ccnc23)c(F)c1. The summed E-state index contributed by atoms with van der Waals surface area (Å²) in [6.07, 6.45) is 9.16. The van der Waals surface area contributed by atoms with Crippen molar-refractivity contribution < 1.29 is 13.5 Å². The number of rotatable bonds is 4. The van der Waals surface area contributed by atoms with E-state index in [0.717, 1.165) is 47.7 Å². The minimum atomic E-state index is -0.613. The highest BCUT2D eigenvalue weighted by Gasteiger charge is 2.17. The lowest BCUT2D eigenvalue weighted by Crippen LogP contribution is -2.27. The fraction of sp³-hybridized carbons (Fsp3) is 0.238. The number of nitrogens with zero attached hydrogens (tertiary/aromatic N) is 3. The maximum Gasteiger partial charge on any atom is 0.183 e. The molecule has 3 aromatic heterocycles. The number of halogens is 2. The largest absolute Gasteiger partial charge is 0.381 e. The van der Waals surface area contributed by atoms with Gasteiger partial charge in [-0.15, -0.1) is 0 Å². The van der Waals surface area contributed by atoms with E-state index in [4.69, 9.17) is 4.74 Å². The molecule has 148 valence electrons. The minimum absolute atomic E-state index is 0.314. The number of anilines is 1. The van der Waals surface area contributed by atoms with Crippen molar-refractivity contribution in [2.45, 2.75) is 18.9 Å². The van der Waals surface area contributed by atoms with Crippen LogP contribution < -0.4 is 5.32 Å². The van der Waals surface area contributed by atoms with Crippen molar-refractivity contribution in [3.8, 4) is 21.6 Å². The standard InChI is InChI=1S/C21H18F2N4OS/c22-14-1-2-16(18(23)10-14)17-9-13(12-27-6-5-24-20(17)27)19-11-25-21(29-19)26-15-3-7-28-8-4-15/h1-2,5-6,9-12,15H,3-4,7-8H2,(H,25,26). The van der Waals surface area contributed by atoms with Crippen molar-refractivity contribution >= 4 is 22.1 Å². The van der Waals surface area contributed by atoms with Crippen molar-refractivity contribution in [1.29, 1.82) is 0 Å². The zero-order valence-electron chi connectivity index (χ0n) is 15.4. The highest BCUT2D eigenvalue weighted by molar-refractivity contribution is 7.18. The molecular weight excluding hydrogens is 394 g/mol.